The molecule has 0 radical (unpaired) electrons. The lowest BCUT2D eigenvalue weighted by Crippen LogP contribution is -2.18. The molecule has 2 amide bonds. The first kappa shape index (κ1) is 21.3. The van der Waals surface area contributed by atoms with Crippen LogP contribution in [0.2, 0.25) is 0 Å². The molecule has 30 heavy (non-hydrogen) atoms. The van der Waals surface area contributed by atoms with Crippen molar-refractivity contribution in [3.63, 3.8) is 0 Å². The molecule has 0 aliphatic carbocycles. The Morgan fingerprint density at radius 2 is 1.83 bits per heavy atom. The zero-order valence-electron chi connectivity index (χ0n) is 16.3. The Labute approximate surface area is 176 Å². The molecule has 10 heteroatoms. The van der Waals surface area contributed by atoms with Gasteiger partial charge >= 0.3 is 0 Å². The summed E-state index contributed by atoms with van der Waals surface area (Å²) in [5.74, 6) is -0.863. The van der Waals surface area contributed by atoms with Gasteiger partial charge in [-0.15, -0.1) is 10.2 Å². The van der Waals surface area contributed by atoms with Crippen LogP contribution in [-0.2, 0) is 23.1 Å². The second-order valence-corrected chi connectivity index (χ2v) is 7.46. The van der Waals surface area contributed by atoms with Crippen LogP contribution in [0.25, 0.3) is 0 Å². The van der Waals surface area contributed by atoms with Crippen molar-refractivity contribution in [1.82, 2.24) is 14.8 Å². The number of nitrogens with one attached hydrogen (secondary N) is 2. The fourth-order valence-electron chi connectivity index (χ4n) is 2.59. The lowest BCUT2D eigenvalue weighted by molar-refractivity contribution is -0.116. The molecule has 0 aliphatic rings. The number of carbonyl (C=O) groups is 2. The highest BCUT2D eigenvalue weighted by Gasteiger charge is 2.16. The lowest BCUT2D eigenvalue weighted by Gasteiger charge is -2.08. The van der Waals surface area contributed by atoms with E-state index in [0.29, 0.717) is 16.7 Å². The molecule has 0 spiro atoms. The van der Waals surface area contributed by atoms with E-state index < -0.39 is 11.7 Å². The quantitative estimate of drug-likeness (QED) is 0.394. The monoisotopic (exact) mass is 429 g/mol. The summed E-state index contributed by atoms with van der Waals surface area (Å²) in [6, 6.07) is 10.8. The van der Waals surface area contributed by atoms with E-state index in [1.807, 2.05) is 6.92 Å². The van der Waals surface area contributed by atoms with Crippen molar-refractivity contribution in [2.75, 3.05) is 16.4 Å². The molecule has 1 heterocycles. The van der Waals surface area contributed by atoms with E-state index in [0.717, 1.165) is 17.3 Å². The minimum atomic E-state index is -0.522. The molecule has 3 N–H and O–H groups in total. The van der Waals surface area contributed by atoms with E-state index in [-0.39, 0.29) is 29.5 Å². The second kappa shape index (κ2) is 9.40. The van der Waals surface area contributed by atoms with Crippen molar-refractivity contribution >= 4 is 35.0 Å². The molecule has 0 bridgehead atoms. The number of amides is 2. The van der Waals surface area contributed by atoms with Crippen LogP contribution in [0.15, 0.2) is 47.6 Å². The summed E-state index contributed by atoms with van der Waals surface area (Å²) < 4.78 is 15.2. The van der Waals surface area contributed by atoms with E-state index in [1.54, 1.807) is 29.8 Å². The maximum absolute atomic E-state index is 13.6. The fourth-order valence-corrected chi connectivity index (χ4v) is 3.32. The van der Waals surface area contributed by atoms with Gasteiger partial charge in [0.25, 0.3) is 0 Å². The highest BCUT2D eigenvalue weighted by Crippen LogP contribution is 2.24. The number of thioether (sulfide) groups is 1. The maximum Gasteiger partial charge on any atom is 0.234 e. The van der Waals surface area contributed by atoms with Crippen molar-refractivity contribution in [1.29, 1.82) is 0 Å². The van der Waals surface area contributed by atoms with Gasteiger partial charge in [-0.05, 0) is 36.8 Å². The Kier molecular flexibility index (Phi) is 6.68. The highest BCUT2D eigenvalue weighted by molar-refractivity contribution is 7.99. The van der Waals surface area contributed by atoms with Crippen molar-refractivity contribution in [2.45, 2.75) is 18.5 Å². The first-order valence-electron chi connectivity index (χ1n) is 8.98. The molecule has 1 aromatic heterocycles. The Hall–Kier alpha value is -3.40. The van der Waals surface area contributed by atoms with Gasteiger partial charge in [0.1, 0.15) is 17.4 Å². The predicted octanol–water partition coefficient (Wildman–Crippen LogP) is 2.88. The lowest BCUT2D eigenvalue weighted by atomic mass is 10.2. The van der Waals surface area contributed by atoms with Crippen molar-refractivity contribution in [3.05, 3.63) is 59.7 Å². The number of aromatic hydroxyl groups is 1. The minimum Gasteiger partial charge on any atom is -0.506 e. The summed E-state index contributed by atoms with van der Waals surface area (Å²) in [6.45, 7) is 1.85. The van der Waals surface area contributed by atoms with Crippen molar-refractivity contribution in [3.8, 4) is 5.75 Å². The summed E-state index contributed by atoms with van der Waals surface area (Å²) in [6.07, 6.45) is -0.0955. The number of phenols is 1. The van der Waals surface area contributed by atoms with Crippen LogP contribution in [0.5, 0.6) is 5.75 Å². The molecular weight excluding hydrogens is 409 g/mol. The zero-order chi connectivity index (χ0) is 21.7. The number of phenolic OH excluding ortho intramolecular Hbond substituents is 1. The highest BCUT2D eigenvalue weighted by atomic mass is 32.2. The van der Waals surface area contributed by atoms with Gasteiger partial charge in [-0.3, -0.25) is 9.59 Å². The summed E-state index contributed by atoms with van der Waals surface area (Å²) in [5, 5.41) is 23.4. The largest absolute Gasteiger partial charge is 0.506 e. The first-order valence-corrected chi connectivity index (χ1v) is 9.97. The molecule has 0 saturated heterocycles. The summed E-state index contributed by atoms with van der Waals surface area (Å²) in [5.41, 5.74) is 1.33. The third kappa shape index (κ3) is 5.35. The van der Waals surface area contributed by atoms with Crippen molar-refractivity contribution in [2.24, 2.45) is 7.05 Å². The summed E-state index contributed by atoms with van der Waals surface area (Å²) >= 11 is 1.14. The van der Waals surface area contributed by atoms with Gasteiger partial charge in [-0.2, -0.15) is 0 Å². The average molecular weight is 429 g/mol. The van der Waals surface area contributed by atoms with Crippen molar-refractivity contribution < 1.29 is 19.1 Å². The zero-order valence-corrected chi connectivity index (χ0v) is 17.2. The average Bonchev–Trinajstić information content (AvgIpc) is 3.04. The second-order valence-electron chi connectivity index (χ2n) is 6.52. The third-order valence-electron chi connectivity index (χ3n) is 4.15. The normalized spacial score (nSPS) is 10.6. The third-order valence-corrected chi connectivity index (χ3v) is 5.17. The van der Waals surface area contributed by atoms with Crippen LogP contribution < -0.4 is 10.6 Å². The molecule has 0 aliphatic heterocycles. The predicted molar refractivity (Wildman–Crippen MR) is 112 cm³/mol. The summed E-state index contributed by atoms with van der Waals surface area (Å²) in [4.78, 5) is 24.4. The number of para-hydroxylation sites is 1. The summed E-state index contributed by atoms with van der Waals surface area (Å²) in [7, 11) is 1.68. The first-order chi connectivity index (χ1) is 14.3. The van der Waals surface area contributed by atoms with Crippen LogP contribution in [0.1, 0.15) is 11.4 Å². The van der Waals surface area contributed by atoms with Crippen LogP contribution in [0.3, 0.4) is 0 Å². The number of benzene rings is 2. The van der Waals surface area contributed by atoms with Gasteiger partial charge in [0.05, 0.1) is 23.5 Å². The molecule has 0 fully saturated rings. The Morgan fingerprint density at radius 1 is 1.10 bits per heavy atom. The topological polar surface area (TPSA) is 109 Å². The number of hydrogen-bond donors (Lipinski definition) is 3. The van der Waals surface area contributed by atoms with Crippen LogP contribution in [-0.4, -0.2) is 37.4 Å². The van der Waals surface area contributed by atoms with Gasteiger partial charge in [0.2, 0.25) is 11.8 Å². The van der Waals surface area contributed by atoms with E-state index in [1.165, 1.54) is 24.3 Å². The van der Waals surface area contributed by atoms with Crippen LogP contribution in [0.4, 0.5) is 15.8 Å². The Morgan fingerprint density at radius 3 is 2.60 bits per heavy atom. The van der Waals surface area contributed by atoms with Gasteiger partial charge in [-0.1, -0.05) is 30.0 Å². The molecule has 0 atom stereocenters. The SMILES string of the molecule is Cc1ccc(O)c(NC(=O)CSc2nnc(CC(=O)Nc3ccccc3F)n2C)c1. The molecule has 156 valence electrons. The van der Waals surface area contributed by atoms with E-state index in [9.17, 15) is 19.1 Å². The Balaban J connectivity index is 1.56. The minimum absolute atomic E-state index is 0.0132. The number of rotatable bonds is 7. The van der Waals surface area contributed by atoms with Gasteiger partial charge < -0.3 is 20.3 Å². The number of nitrogens with zero attached hydrogens (tertiary/aromatic N) is 3. The van der Waals surface area contributed by atoms with Gasteiger partial charge in [0, 0.05) is 7.05 Å². The van der Waals surface area contributed by atoms with Crippen LogP contribution in [0, 0.1) is 12.7 Å². The number of hydrogen-bond acceptors (Lipinski definition) is 6. The van der Waals surface area contributed by atoms with E-state index in [4.69, 9.17) is 0 Å². The van der Waals surface area contributed by atoms with E-state index in [2.05, 4.69) is 20.8 Å². The molecule has 0 saturated carbocycles. The fraction of sp³-hybridized carbons (Fsp3) is 0.200. The van der Waals surface area contributed by atoms with Gasteiger partial charge in [0.15, 0.2) is 5.16 Å². The number of carbonyl (C=O) groups excluding carboxylic acids is 2. The molecule has 3 aromatic rings. The number of aromatic nitrogens is 3. The standard InChI is InChI=1S/C20H20FN5O3S/c1-12-7-8-16(27)15(9-12)23-19(29)11-30-20-25-24-17(26(20)2)10-18(28)22-14-6-4-3-5-13(14)21/h3-9,27H,10-11H2,1-2H3,(H,22,28)(H,23,29). The molecule has 0 unspecified atom stereocenters. The number of halogens is 1. The molecule has 2 aromatic carbocycles. The Bertz CT molecular complexity index is 1090. The van der Waals surface area contributed by atoms with Gasteiger partial charge in [-0.25, -0.2) is 4.39 Å². The smallest absolute Gasteiger partial charge is 0.234 e. The van der Waals surface area contributed by atoms with E-state index >= 15 is 0 Å². The molecular formula is C20H20FN5O3S. The maximum atomic E-state index is 13.6. The molecule has 3 rings (SSSR count). The number of aryl methyl sites for hydroxylation is 1. The molecule has 8 nitrogen and oxygen atoms in total. The number of anilines is 2. The van der Waals surface area contributed by atoms with Crippen LogP contribution >= 0.6 is 11.8 Å².